The van der Waals surface area contributed by atoms with Crippen LogP contribution in [0.5, 0.6) is 0 Å². The Balaban J connectivity index is 0.768. The number of aromatic nitrogens is 3. The number of fused-ring (bicyclic) bond motifs is 10. The van der Waals surface area contributed by atoms with Gasteiger partial charge < -0.3 is 89.6 Å². The first-order valence-electron chi connectivity index (χ1n) is 36.0. The molecule has 5 aliphatic carbocycles. The van der Waals surface area contributed by atoms with Crippen LogP contribution >= 0.6 is 0 Å². The van der Waals surface area contributed by atoms with E-state index in [0.717, 1.165) is 77.3 Å². The molecule has 25 heteroatoms. The molecule has 4 saturated carbocycles. The predicted octanol–water partition coefficient (Wildman–Crippen LogP) is 6.14. The number of allylic oxidation sites excluding steroid dienone is 2. The van der Waals surface area contributed by atoms with Crippen molar-refractivity contribution in [2.24, 2.45) is 50.2 Å². The Hall–Kier alpha value is -7.85. The van der Waals surface area contributed by atoms with Gasteiger partial charge in [0.2, 0.25) is 5.91 Å². The molecule has 7 aliphatic rings. The normalized spacial score (nSPS) is 35.6. The van der Waals surface area contributed by atoms with Gasteiger partial charge >= 0.3 is 17.9 Å². The lowest BCUT2D eigenvalue weighted by Gasteiger charge is -2.70. The van der Waals surface area contributed by atoms with Gasteiger partial charge in [0.25, 0.3) is 11.8 Å². The molecular formula is C78H98N6O19. The number of rotatable bonds is 19. The number of amides is 3. The second-order valence-electron chi connectivity index (χ2n) is 32.1. The maximum absolute atomic E-state index is 15.8. The third-order valence-electron chi connectivity index (χ3n) is 26.0. The molecule has 25 nitrogen and oxygen atoms in total. The molecule has 3 aromatic carbocycles. The number of esters is 3. The highest BCUT2D eigenvalue weighted by Gasteiger charge is 2.71. The van der Waals surface area contributed by atoms with Crippen LogP contribution in [0, 0.1) is 50.2 Å². The van der Waals surface area contributed by atoms with E-state index in [-0.39, 0.29) is 48.2 Å². The minimum Gasteiger partial charge on any atom is -0.467 e. The summed E-state index contributed by atoms with van der Waals surface area (Å²) < 4.78 is 41.5. The molecular weight excluding hydrogens is 1320 g/mol. The van der Waals surface area contributed by atoms with Crippen molar-refractivity contribution < 1.29 is 92.3 Å². The summed E-state index contributed by atoms with van der Waals surface area (Å²) in [5, 5.41) is 70.0. The average Bonchev–Trinajstić information content (AvgIpc) is 1.18. The molecule has 0 unspecified atom stereocenters. The van der Waals surface area contributed by atoms with E-state index in [4.69, 9.17) is 33.2 Å². The smallest absolute Gasteiger partial charge is 0.328 e. The molecule has 3 aromatic heterocycles. The van der Waals surface area contributed by atoms with Crippen molar-refractivity contribution in [3.05, 3.63) is 120 Å². The molecule has 0 radical (unpaired) electrons. The number of aliphatic hydroxyl groups excluding tert-OH is 5. The Kier molecular flexibility index (Phi) is 19.9. The minimum atomic E-state index is -2.15. The number of aromatic amines is 3. The van der Waals surface area contributed by atoms with Crippen LogP contribution in [0.1, 0.15) is 123 Å². The number of hydrogen-bond donors (Lipinski definition) is 11. The van der Waals surface area contributed by atoms with Crippen LogP contribution in [0.4, 0.5) is 0 Å². The van der Waals surface area contributed by atoms with Gasteiger partial charge in [0.1, 0.15) is 54.7 Å². The molecule has 22 atom stereocenters. The summed E-state index contributed by atoms with van der Waals surface area (Å²) in [6.07, 6.45) is -8.55. The predicted molar refractivity (Wildman–Crippen MR) is 374 cm³/mol. The van der Waals surface area contributed by atoms with E-state index in [1.807, 2.05) is 106 Å². The molecule has 5 heterocycles. The van der Waals surface area contributed by atoms with E-state index in [2.05, 4.69) is 58.6 Å². The van der Waals surface area contributed by atoms with Gasteiger partial charge in [-0.25, -0.2) is 14.4 Å². The third kappa shape index (κ3) is 12.8. The average molecular weight is 1420 g/mol. The molecule has 2 saturated heterocycles. The van der Waals surface area contributed by atoms with Crippen LogP contribution in [0.3, 0.4) is 0 Å². The van der Waals surface area contributed by atoms with Crippen molar-refractivity contribution in [1.29, 1.82) is 0 Å². The van der Waals surface area contributed by atoms with Gasteiger partial charge in [-0.05, 0) is 138 Å². The molecule has 103 heavy (non-hydrogen) atoms. The van der Waals surface area contributed by atoms with Crippen LogP contribution < -0.4 is 16.0 Å². The monoisotopic (exact) mass is 1420 g/mol. The topological polar surface area (TPSA) is 369 Å². The van der Waals surface area contributed by atoms with E-state index >= 15 is 4.79 Å². The quantitative estimate of drug-likeness (QED) is 0.0246. The molecule has 554 valence electrons. The standard InChI is InChI=1S/C78H98N6O19/c1-73(2)54-23-26-78(7)64(53(85)34-45-46-35-75(4,28-27-74(46,3)29-30-77(45,78)6)72(96)84-52(69(95)99-10)33-41-38-81-49-22-16-13-19-44(41)49)76(54,5)25-24-55(73)100-71-63(59(89)58(88)62(102-71)66(92)83-51(68(94)98-9)32-40-37-80-48-21-15-12-18-43(40)48)103-70-60(90)56(86)57(87)61(101-70)65(91)82-50(67(93)97-8)31-39-36-79-47-20-14-11-17-42(39)47/h11-22,34,36-38,46,50-52,54-64,70-71,79-81,86-90H,23-33,35H2,1-10H3,(H,82,91)(H,83,92)(H,84,96)/t46-,50+,51+,52+,54-,55-,56-,57-,58-,59-,60+,61-,62-,63+,64+,70-,71-,74+,75-,76-,77+,78+/m0/s1. The van der Waals surface area contributed by atoms with Crippen molar-refractivity contribution in [2.45, 2.75) is 211 Å². The Labute approximate surface area is 597 Å². The third-order valence-corrected chi connectivity index (χ3v) is 26.0. The first kappa shape index (κ1) is 73.5. The number of carbonyl (C=O) groups excluding carboxylic acids is 7. The summed E-state index contributed by atoms with van der Waals surface area (Å²) in [6, 6.07) is 18.8. The van der Waals surface area contributed by atoms with E-state index < -0.39 is 148 Å². The fraction of sp³-hybridized carbons (Fsp3) is 0.577. The van der Waals surface area contributed by atoms with Gasteiger partial charge in [-0.1, -0.05) is 109 Å². The zero-order chi connectivity index (χ0) is 73.6. The number of ketones is 1. The molecule has 3 amide bonds. The molecule has 6 aromatic rings. The molecule has 13 rings (SSSR count). The van der Waals surface area contributed by atoms with Crippen LogP contribution in [-0.4, -0.2) is 189 Å². The van der Waals surface area contributed by atoms with Gasteiger partial charge in [-0.3, -0.25) is 19.2 Å². The van der Waals surface area contributed by atoms with Crippen molar-refractivity contribution in [2.75, 3.05) is 21.3 Å². The summed E-state index contributed by atoms with van der Waals surface area (Å²) in [4.78, 5) is 110. The van der Waals surface area contributed by atoms with Crippen molar-refractivity contribution in [3.63, 3.8) is 0 Å². The van der Waals surface area contributed by atoms with Crippen LogP contribution in [0.2, 0.25) is 0 Å². The summed E-state index contributed by atoms with van der Waals surface area (Å²) in [7, 11) is 3.62. The second-order valence-corrected chi connectivity index (χ2v) is 32.1. The van der Waals surface area contributed by atoms with Crippen LogP contribution in [0.15, 0.2) is 103 Å². The lowest BCUT2D eigenvalue weighted by molar-refractivity contribution is -0.369. The number of benzene rings is 3. The number of nitrogens with one attached hydrogen (secondary N) is 6. The van der Waals surface area contributed by atoms with Gasteiger partial charge in [0.15, 0.2) is 30.6 Å². The zero-order valence-corrected chi connectivity index (χ0v) is 60.0. The zero-order valence-electron chi connectivity index (χ0n) is 60.0. The summed E-state index contributed by atoms with van der Waals surface area (Å²) >= 11 is 0. The molecule has 6 fully saturated rings. The Morgan fingerprint density at radius 2 is 1.01 bits per heavy atom. The van der Waals surface area contributed by atoms with Gasteiger partial charge in [-0.2, -0.15) is 0 Å². The number of para-hydroxylation sites is 3. The first-order valence-corrected chi connectivity index (χ1v) is 36.0. The van der Waals surface area contributed by atoms with Gasteiger partial charge in [0.05, 0.1) is 27.4 Å². The fourth-order valence-corrected chi connectivity index (χ4v) is 19.8. The number of carbonyl (C=O) groups is 7. The largest absolute Gasteiger partial charge is 0.467 e. The maximum Gasteiger partial charge on any atom is 0.328 e. The van der Waals surface area contributed by atoms with Crippen molar-refractivity contribution in [3.8, 4) is 0 Å². The fourth-order valence-electron chi connectivity index (χ4n) is 19.8. The van der Waals surface area contributed by atoms with Crippen molar-refractivity contribution >= 4 is 74.1 Å². The molecule has 0 bridgehead atoms. The highest BCUT2D eigenvalue weighted by Crippen LogP contribution is 2.75. The number of ether oxygens (including phenoxy) is 7. The number of hydrogen-bond acceptors (Lipinski definition) is 19. The lowest BCUT2D eigenvalue weighted by atomic mass is 9.33. The van der Waals surface area contributed by atoms with Crippen LogP contribution in [-0.2, 0) is 86.0 Å². The Morgan fingerprint density at radius 3 is 1.51 bits per heavy atom. The summed E-state index contributed by atoms with van der Waals surface area (Å²) in [5.74, 6) is -5.39. The van der Waals surface area contributed by atoms with Gasteiger partial charge in [0, 0.05) is 81.9 Å². The summed E-state index contributed by atoms with van der Waals surface area (Å²) in [5.41, 5.74) is 2.10. The Bertz CT molecular complexity index is 4280. The maximum atomic E-state index is 15.8. The highest BCUT2D eigenvalue weighted by atomic mass is 16.8. The van der Waals surface area contributed by atoms with E-state index in [1.54, 1.807) is 12.4 Å². The molecule has 2 aliphatic heterocycles. The highest BCUT2D eigenvalue weighted by molar-refractivity contribution is 5.96. The number of methoxy groups -OCH3 is 3. The summed E-state index contributed by atoms with van der Waals surface area (Å²) in [6.45, 7) is 15.1. The van der Waals surface area contributed by atoms with Crippen molar-refractivity contribution in [1.82, 2.24) is 30.9 Å². The van der Waals surface area contributed by atoms with Crippen LogP contribution in [0.25, 0.3) is 32.7 Å². The lowest BCUT2D eigenvalue weighted by Crippen LogP contribution is -2.69. The molecule has 11 N–H and O–H groups in total. The van der Waals surface area contributed by atoms with E-state index in [0.29, 0.717) is 49.7 Å². The first-order chi connectivity index (χ1) is 48.9. The SMILES string of the molecule is COC(=O)[C@@H](Cc1c[nH]c2ccccc12)NC(=O)[C@H]1O[C@@H](O[C@H]2[C@@H](O[C@H]3CC[C@]4(C)[C@H]5C(=O)C=C6[C@@H]7C[C@@](C)(C(=O)N[C@H](Cc8c[nH]c9ccccc89)C(=O)OC)CC[C@]7(C)CC[C@@]6(C)[C@]5(C)CC[C@H]4C3(C)C)O[C@H](C(=O)N[C@H](Cc3c[nH]c4ccccc34)C(=O)OC)[C@@H](O)[C@@H]2O)[C@H](O)[C@@H](O)[C@@H]1O. The van der Waals surface area contributed by atoms with E-state index in [1.165, 1.54) is 7.11 Å². The number of H-pyrrole nitrogens is 3. The minimum absolute atomic E-state index is 0.0215. The second kappa shape index (κ2) is 27.9. The Morgan fingerprint density at radius 1 is 0.544 bits per heavy atom. The number of aliphatic hydroxyl groups is 5. The van der Waals surface area contributed by atoms with E-state index in [9.17, 15) is 54.3 Å². The molecule has 0 spiro atoms. The van der Waals surface area contributed by atoms with Gasteiger partial charge in [-0.15, -0.1) is 0 Å².